The third-order valence-corrected chi connectivity index (χ3v) is 3.65. The van der Waals surface area contributed by atoms with Crippen LogP contribution in [0.4, 0.5) is 5.69 Å². The Hall–Kier alpha value is -1.40. The van der Waals surface area contributed by atoms with Crippen LogP contribution in [0.15, 0.2) is 22.7 Å². The number of aryl methyl sites for hydroxylation is 1. The normalized spacial score (nSPS) is 13.4. The van der Waals surface area contributed by atoms with Crippen molar-refractivity contribution in [1.29, 1.82) is 0 Å². The monoisotopic (exact) mass is 355 g/mol. The molecule has 0 aliphatic heterocycles. The van der Waals surface area contributed by atoms with Crippen LogP contribution < -0.4 is 16.4 Å². The van der Waals surface area contributed by atoms with Gasteiger partial charge in [0.25, 0.3) is 0 Å². The van der Waals surface area contributed by atoms with Crippen LogP contribution >= 0.6 is 15.9 Å². The fourth-order valence-electron chi connectivity index (χ4n) is 1.96. The van der Waals surface area contributed by atoms with Crippen LogP contribution in [0.1, 0.15) is 32.3 Å². The van der Waals surface area contributed by atoms with E-state index in [9.17, 15) is 9.59 Å². The summed E-state index contributed by atoms with van der Waals surface area (Å²) in [4.78, 5) is 23.8. The summed E-state index contributed by atoms with van der Waals surface area (Å²) in [5.74, 6) is -0.590. The van der Waals surface area contributed by atoms with Crippen molar-refractivity contribution in [1.82, 2.24) is 5.32 Å². The van der Waals surface area contributed by atoms with Gasteiger partial charge < -0.3 is 16.4 Å². The van der Waals surface area contributed by atoms with Gasteiger partial charge in [0.2, 0.25) is 11.8 Å². The number of benzene rings is 1. The Kier molecular flexibility index (Phi) is 6.36. The minimum atomic E-state index is -0.942. The quantitative estimate of drug-likeness (QED) is 0.731. The van der Waals surface area contributed by atoms with Gasteiger partial charge in [0, 0.05) is 10.2 Å². The topological polar surface area (TPSA) is 84.2 Å². The van der Waals surface area contributed by atoms with Crippen molar-refractivity contribution < 1.29 is 9.59 Å². The lowest BCUT2D eigenvalue weighted by Crippen LogP contribution is -2.52. The van der Waals surface area contributed by atoms with Crippen LogP contribution in [-0.4, -0.2) is 23.9 Å². The fraction of sp³-hybridized carbons (Fsp3) is 0.467. The van der Waals surface area contributed by atoms with E-state index in [1.54, 1.807) is 6.92 Å². The Bertz CT molecular complexity index is 530. The van der Waals surface area contributed by atoms with Gasteiger partial charge in [0.05, 0.1) is 12.1 Å². The Labute approximate surface area is 133 Å². The first-order valence-corrected chi connectivity index (χ1v) is 7.68. The molecule has 1 aromatic rings. The summed E-state index contributed by atoms with van der Waals surface area (Å²) in [6.45, 7) is 5.44. The Balaban J connectivity index is 2.53. The third-order valence-electron chi connectivity index (χ3n) is 3.16. The van der Waals surface area contributed by atoms with Gasteiger partial charge in [0.1, 0.15) is 0 Å². The number of rotatable bonds is 6. The molecule has 0 saturated carbocycles. The molecule has 0 radical (unpaired) electrons. The van der Waals surface area contributed by atoms with Crippen molar-refractivity contribution in [2.24, 2.45) is 5.73 Å². The summed E-state index contributed by atoms with van der Waals surface area (Å²) >= 11 is 3.37. The highest BCUT2D eigenvalue weighted by molar-refractivity contribution is 9.10. The summed E-state index contributed by atoms with van der Waals surface area (Å²) < 4.78 is 0.949. The molecule has 1 aromatic carbocycles. The van der Waals surface area contributed by atoms with Crippen LogP contribution in [0.2, 0.25) is 0 Å². The maximum atomic E-state index is 11.9. The van der Waals surface area contributed by atoms with Gasteiger partial charge >= 0.3 is 0 Å². The molecule has 0 saturated heterocycles. The van der Waals surface area contributed by atoms with Gasteiger partial charge in [0.15, 0.2) is 0 Å². The number of carbonyl (C=O) groups excluding carboxylic acids is 2. The minimum Gasteiger partial charge on any atom is -0.345 e. The summed E-state index contributed by atoms with van der Waals surface area (Å²) in [5.41, 5.74) is 6.63. The molecule has 5 nitrogen and oxygen atoms in total. The van der Waals surface area contributed by atoms with Crippen LogP contribution in [-0.2, 0) is 9.59 Å². The van der Waals surface area contributed by atoms with Crippen molar-refractivity contribution in [3.05, 3.63) is 28.2 Å². The highest BCUT2D eigenvalue weighted by atomic mass is 79.9. The van der Waals surface area contributed by atoms with Crippen LogP contribution in [0.25, 0.3) is 0 Å². The molecule has 0 aliphatic rings. The molecule has 1 rings (SSSR count). The second-order valence-electron chi connectivity index (χ2n) is 5.36. The standard InChI is InChI=1S/C15H22BrN3O2/c1-4-7-15(3,17)14(21)18-9-13(20)19-12-6-5-11(16)8-10(12)2/h5-6,8H,4,7,9,17H2,1-3H3,(H,18,21)(H,19,20). The van der Waals surface area contributed by atoms with Gasteiger partial charge in [-0.3, -0.25) is 9.59 Å². The average molecular weight is 356 g/mol. The van der Waals surface area contributed by atoms with E-state index in [4.69, 9.17) is 5.73 Å². The molecule has 0 bridgehead atoms. The van der Waals surface area contributed by atoms with Gasteiger partial charge in [-0.25, -0.2) is 0 Å². The van der Waals surface area contributed by atoms with Crippen molar-refractivity contribution in [3.63, 3.8) is 0 Å². The lowest BCUT2D eigenvalue weighted by molar-refractivity contribution is -0.128. The fourth-order valence-corrected chi connectivity index (χ4v) is 2.43. The molecule has 1 atom stereocenters. The number of hydrogen-bond acceptors (Lipinski definition) is 3. The van der Waals surface area contributed by atoms with Crippen molar-refractivity contribution in [2.45, 2.75) is 39.2 Å². The highest BCUT2D eigenvalue weighted by Gasteiger charge is 2.27. The molecular formula is C15H22BrN3O2. The third kappa shape index (κ3) is 5.47. The van der Waals surface area contributed by atoms with Gasteiger partial charge in [-0.2, -0.15) is 0 Å². The van der Waals surface area contributed by atoms with Crippen molar-refractivity contribution in [3.8, 4) is 0 Å². The zero-order valence-electron chi connectivity index (χ0n) is 12.6. The zero-order valence-corrected chi connectivity index (χ0v) is 14.2. The Morgan fingerprint density at radius 3 is 2.62 bits per heavy atom. The highest BCUT2D eigenvalue weighted by Crippen LogP contribution is 2.19. The molecule has 0 aromatic heterocycles. The number of halogens is 1. The molecule has 2 amide bonds. The van der Waals surface area contributed by atoms with E-state index in [-0.39, 0.29) is 18.4 Å². The SMILES string of the molecule is CCCC(C)(N)C(=O)NCC(=O)Nc1ccc(Br)cc1C. The number of carbonyl (C=O) groups is 2. The van der Waals surface area contributed by atoms with E-state index in [2.05, 4.69) is 26.6 Å². The smallest absolute Gasteiger partial charge is 0.243 e. The molecular weight excluding hydrogens is 334 g/mol. The number of anilines is 1. The average Bonchev–Trinajstić information content (AvgIpc) is 2.39. The van der Waals surface area contributed by atoms with E-state index >= 15 is 0 Å². The molecule has 0 aliphatic carbocycles. The molecule has 116 valence electrons. The van der Waals surface area contributed by atoms with Crippen LogP contribution in [0.3, 0.4) is 0 Å². The molecule has 6 heteroatoms. The first-order chi connectivity index (χ1) is 9.76. The first kappa shape index (κ1) is 17.7. The molecule has 21 heavy (non-hydrogen) atoms. The molecule has 0 spiro atoms. The van der Waals surface area contributed by atoms with Crippen LogP contribution in [0.5, 0.6) is 0 Å². The second-order valence-corrected chi connectivity index (χ2v) is 6.27. The Morgan fingerprint density at radius 2 is 2.05 bits per heavy atom. The minimum absolute atomic E-state index is 0.0924. The zero-order chi connectivity index (χ0) is 16.0. The van der Waals surface area contributed by atoms with E-state index in [1.807, 2.05) is 32.0 Å². The lowest BCUT2D eigenvalue weighted by Gasteiger charge is -2.22. The van der Waals surface area contributed by atoms with Crippen molar-refractivity contribution in [2.75, 3.05) is 11.9 Å². The second kappa shape index (κ2) is 7.56. The van der Waals surface area contributed by atoms with Gasteiger partial charge in [-0.05, 0) is 44.0 Å². The van der Waals surface area contributed by atoms with E-state index in [1.165, 1.54) is 0 Å². The largest absolute Gasteiger partial charge is 0.345 e. The molecule has 0 heterocycles. The number of amides is 2. The first-order valence-electron chi connectivity index (χ1n) is 6.89. The molecule has 0 fully saturated rings. The maximum absolute atomic E-state index is 11.9. The van der Waals surface area contributed by atoms with Crippen molar-refractivity contribution >= 4 is 33.4 Å². The predicted molar refractivity (Wildman–Crippen MR) is 88.0 cm³/mol. The summed E-state index contributed by atoms with van der Waals surface area (Å²) in [7, 11) is 0. The summed E-state index contributed by atoms with van der Waals surface area (Å²) in [6, 6.07) is 5.56. The maximum Gasteiger partial charge on any atom is 0.243 e. The van der Waals surface area contributed by atoms with E-state index < -0.39 is 5.54 Å². The van der Waals surface area contributed by atoms with E-state index in [0.717, 1.165) is 22.1 Å². The predicted octanol–water partition coefficient (Wildman–Crippen LogP) is 2.33. The molecule has 1 unspecified atom stereocenters. The molecule has 4 N–H and O–H groups in total. The van der Waals surface area contributed by atoms with E-state index in [0.29, 0.717) is 6.42 Å². The number of nitrogens with two attached hydrogens (primary N) is 1. The van der Waals surface area contributed by atoms with Gasteiger partial charge in [-0.1, -0.05) is 29.3 Å². The van der Waals surface area contributed by atoms with Crippen LogP contribution in [0, 0.1) is 6.92 Å². The Morgan fingerprint density at radius 1 is 1.38 bits per heavy atom. The number of hydrogen-bond donors (Lipinski definition) is 3. The lowest BCUT2D eigenvalue weighted by atomic mass is 9.96. The number of nitrogens with one attached hydrogen (secondary N) is 2. The summed E-state index contributed by atoms with van der Waals surface area (Å²) in [5, 5.41) is 5.33. The summed E-state index contributed by atoms with van der Waals surface area (Å²) in [6.07, 6.45) is 1.39. The van der Waals surface area contributed by atoms with Gasteiger partial charge in [-0.15, -0.1) is 0 Å².